The molecule has 0 aliphatic rings. The van der Waals surface area contributed by atoms with Gasteiger partial charge in [-0.05, 0) is 34.7 Å². The van der Waals surface area contributed by atoms with Gasteiger partial charge in [0.1, 0.15) is 0 Å². The highest BCUT2D eigenvalue weighted by Gasteiger charge is 2.12. The highest BCUT2D eigenvalue weighted by atomic mass is 35.5. The molecule has 1 nitrogen and oxygen atoms in total. The average Bonchev–Trinajstić information content (AvgIpc) is 2.39. The van der Waals surface area contributed by atoms with E-state index in [0.717, 1.165) is 12.2 Å². The Balaban J connectivity index is 2.06. The molecule has 0 aliphatic carbocycles. The van der Waals surface area contributed by atoms with Crippen molar-refractivity contribution in [2.75, 3.05) is 5.32 Å². The van der Waals surface area contributed by atoms with Crippen LogP contribution in [0.5, 0.6) is 0 Å². The zero-order valence-electron chi connectivity index (χ0n) is 12.0. The lowest BCUT2D eigenvalue weighted by atomic mass is 9.87. The number of anilines is 1. The van der Waals surface area contributed by atoms with Crippen molar-refractivity contribution in [1.29, 1.82) is 0 Å². The van der Waals surface area contributed by atoms with Gasteiger partial charge in [-0.25, -0.2) is 0 Å². The van der Waals surface area contributed by atoms with Crippen LogP contribution in [0.1, 0.15) is 31.9 Å². The summed E-state index contributed by atoms with van der Waals surface area (Å²) < 4.78 is 0. The average molecular weight is 308 g/mol. The summed E-state index contributed by atoms with van der Waals surface area (Å²) in [4.78, 5) is 0. The fraction of sp³-hybridized carbons (Fsp3) is 0.294. The molecule has 0 saturated carbocycles. The van der Waals surface area contributed by atoms with Crippen LogP contribution in [0.25, 0.3) is 0 Å². The summed E-state index contributed by atoms with van der Waals surface area (Å²) in [6.45, 7) is 7.37. The second-order valence-electron chi connectivity index (χ2n) is 5.92. The van der Waals surface area contributed by atoms with Crippen LogP contribution < -0.4 is 5.32 Å². The highest BCUT2D eigenvalue weighted by Crippen LogP contribution is 2.26. The molecule has 0 spiro atoms. The van der Waals surface area contributed by atoms with Crippen molar-refractivity contribution in [2.24, 2.45) is 0 Å². The molecule has 20 heavy (non-hydrogen) atoms. The van der Waals surface area contributed by atoms with Crippen LogP contribution >= 0.6 is 23.2 Å². The van der Waals surface area contributed by atoms with Crippen molar-refractivity contribution >= 4 is 28.9 Å². The lowest BCUT2D eigenvalue weighted by molar-refractivity contribution is 0.590. The van der Waals surface area contributed by atoms with E-state index >= 15 is 0 Å². The third kappa shape index (κ3) is 3.91. The van der Waals surface area contributed by atoms with Crippen LogP contribution in [-0.2, 0) is 12.0 Å². The predicted molar refractivity (Wildman–Crippen MR) is 88.9 cm³/mol. The molecule has 0 amide bonds. The summed E-state index contributed by atoms with van der Waals surface area (Å²) in [6.07, 6.45) is 0. The zero-order valence-corrected chi connectivity index (χ0v) is 13.5. The standard InChI is InChI=1S/C17H19Cl2N/c1-17(2,3)13-6-4-12(5-7-13)11-20-16-10-14(18)8-9-15(16)19/h4-10,20H,11H2,1-3H3. The van der Waals surface area contributed by atoms with Gasteiger partial charge in [0, 0.05) is 11.6 Å². The molecule has 0 fully saturated rings. The van der Waals surface area contributed by atoms with Crippen molar-refractivity contribution < 1.29 is 0 Å². The Bertz CT molecular complexity index is 583. The molecular formula is C17H19Cl2N. The molecule has 2 aromatic rings. The second-order valence-corrected chi connectivity index (χ2v) is 6.77. The third-order valence-corrected chi connectivity index (χ3v) is 3.80. The van der Waals surface area contributed by atoms with Crippen LogP contribution in [0.4, 0.5) is 5.69 Å². The molecule has 1 N–H and O–H groups in total. The van der Waals surface area contributed by atoms with Gasteiger partial charge in [-0.3, -0.25) is 0 Å². The molecule has 0 saturated heterocycles. The summed E-state index contributed by atoms with van der Waals surface area (Å²) in [5, 5.41) is 4.67. The molecule has 0 bridgehead atoms. The van der Waals surface area contributed by atoms with Crippen molar-refractivity contribution in [3.63, 3.8) is 0 Å². The Morgan fingerprint density at radius 2 is 1.60 bits per heavy atom. The molecule has 2 rings (SSSR count). The van der Waals surface area contributed by atoms with Crippen molar-refractivity contribution in [3.8, 4) is 0 Å². The Hall–Kier alpha value is -1.18. The van der Waals surface area contributed by atoms with Gasteiger partial charge in [-0.15, -0.1) is 0 Å². The van der Waals surface area contributed by atoms with Gasteiger partial charge in [0.25, 0.3) is 0 Å². The van der Waals surface area contributed by atoms with E-state index in [0.29, 0.717) is 10.0 Å². The van der Waals surface area contributed by atoms with Gasteiger partial charge < -0.3 is 5.32 Å². The largest absolute Gasteiger partial charge is 0.380 e. The monoisotopic (exact) mass is 307 g/mol. The van der Waals surface area contributed by atoms with Gasteiger partial charge in [-0.2, -0.15) is 0 Å². The van der Waals surface area contributed by atoms with Gasteiger partial charge in [0.2, 0.25) is 0 Å². The lowest BCUT2D eigenvalue weighted by Crippen LogP contribution is -2.11. The first-order valence-corrected chi connectivity index (χ1v) is 7.40. The Labute approximate surface area is 130 Å². The smallest absolute Gasteiger partial charge is 0.0638 e. The van der Waals surface area contributed by atoms with E-state index in [1.165, 1.54) is 11.1 Å². The van der Waals surface area contributed by atoms with E-state index in [-0.39, 0.29) is 5.41 Å². The summed E-state index contributed by atoms with van der Waals surface area (Å²) in [5.41, 5.74) is 3.59. The molecule has 0 unspecified atom stereocenters. The summed E-state index contributed by atoms with van der Waals surface area (Å²) in [6, 6.07) is 14.1. The van der Waals surface area contributed by atoms with Crippen molar-refractivity contribution in [1.82, 2.24) is 0 Å². The van der Waals surface area contributed by atoms with Gasteiger partial charge >= 0.3 is 0 Å². The number of hydrogen-bond donors (Lipinski definition) is 1. The predicted octanol–water partition coefficient (Wildman–Crippen LogP) is 5.90. The fourth-order valence-corrected chi connectivity index (χ4v) is 2.31. The Morgan fingerprint density at radius 1 is 0.950 bits per heavy atom. The van der Waals surface area contributed by atoms with Crippen LogP contribution in [0.15, 0.2) is 42.5 Å². The summed E-state index contributed by atoms with van der Waals surface area (Å²) >= 11 is 12.1. The van der Waals surface area contributed by atoms with Crippen LogP contribution in [0.3, 0.4) is 0 Å². The van der Waals surface area contributed by atoms with Gasteiger partial charge in [0.15, 0.2) is 0 Å². The Kier molecular flexibility index (Phi) is 4.62. The van der Waals surface area contributed by atoms with Crippen LogP contribution in [0, 0.1) is 0 Å². The molecular weight excluding hydrogens is 289 g/mol. The van der Waals surface area contributed by atoms with Gasteiger partial charge in [0.05, 0.1) is 10.7 Å². The molecule has 2 aromatic carbocycles. The normalized spacial score (nSPS) is 11.4. The molecule has 0 atom stereocenters. The van der Waals surface area contributed by atoms with E-state index in [2.05, 4.69) is 50.4 Å². The van der Waals surface area contributed by atoms with E-state index in [4.69, 9.17) is 23.2 Å². The SMILES string of the molecule is CC(C)(C)c1ccc(CNc2cc(Cl)ccc2Cl)cc1. The summed E-state index contributed by atoms with van der Waals surface area (Å²) in [7, 11) is 0. The molecule has 0 aromatic heterocycles. The maximum Gasteiger partial charge on any atom is 0.0638 e. The number of nitrogens with one attached hydrogen (secondary N) is 1. The molecule has 0 radical (unpaired) electrons. The fourth-order valence-electron chi connectivity index (χ4n) is 1.95. The Morgan fingerprint density at radius 3 is 2.20 bits per heavy atom. The van der Waals surface area contributed by atoms with Crippen LogP contribution in [-0.4, -0.2) is 0 Å². The number of rotatable bonds is 3. The van der Waals surface area contributed by atoms with E-state index in [1.54, 1.807) is 12.1 Å². The highest BCUT2D eigenvalue weighted by molar-refractivity contribution is 6.35. The minimum absolute atomic E-state index is 0.183. The van der Waals surface area contributed by atoms with E-state index < -0.39 is 0 Å². The van der Waals surface area contributed by atoms with Crippen LogP contribution in [0.2, 0.25) is 10.0 Å². The number of benzene rings is 2. The number of halogens is 2. The van der Waals surface area contributed by atoms with E-state index in [1.807, 2.05) is 6.07 Å². The maximum atomic E-state index is 6.13. The zero-order chi connectivity index (χ0) is 14.8. The van der Waals surface area contributed by atoms with E-state index in [9.17, 15) is 0 Å². The molecule has 0 heterocycles. The minimum Gasteiger partial charge on any atom is -0.380 e. The third-order valence-electron chi connectivity index (χ3n) is 3.23. The minimum atomic E-state index is 0.183. The molecule has 3 heteroatoms. The van der Waals surface area contributed by atoms with Crippen molar-refractivity contribution in [2.45, 2.75) is 32.7 Å². The molecule has 106 valence electrons. The summed E-state index contributed by atoms with van der Waals surface area (Å²) in [5.74, 6) is 0. The number of hydrogen-bond acceptors (Lipinski definition) is 1. The quantitative estimate of drug-likeness (QED) is 0.744. The molecule has 0 aliphatic heterocycles. The van der Waals surface area contributed by atoms with Crippen molar-refractivity contribution in [3.05, 3.63) is 63.6 Å². The first-order valence-electron chi connectivity index (χ1n) is 6.64. The van der Waals surface area contributed by atoms with Gasteiger partial charge in [-0.1, -0.05) is 68.2 Å². The topological polar surface area (TPSA) is 12.0 Å². The lowest BCUT2D eigenvalue weighted by Gasteiger charge is -2.19. The first-order chi connectivity index (χ1) is 9.36. The first kappa shape index (κ1) is 15.2. The second kappa shape index (κ2) is 6.07. The maximum absolute atomic E-state index is 6.13.